The topological polar surface area (TPSA) is 55.6 Å². The molecule has 1 heterocycles. The first-order chi connectivity index (χ1) is 10.6. The Morgan fingerprint density at radius 1 is 1.30 bits per heavy atom. The Morgan fingerprint density at radius 3 is 2.61 bits per heavy atom. The van der Waals surface area contributed by atoms with Crippen molar-refractivity contribution in [3.63, 3.8) is 0 Å². The van der Waals surface area contributed by atoms with E-state index >= 15 is 0 Å². The summed E-state index contributed by atoms with van der Waals surface area (Å²) >= 11 is 0. The fraction of sp³-hybridized carbons (Fsp3) is 0.562. The number of carbonyl (C=O) groups excluding carboxylic acids is 1. The number of benzene rings is 1. The van der Waals surface area contributed by atoms with E-state index in [2.05, 4.69) is 0 Å². The number of nitrogens with zero attached hydrogens (tertiary/aromatic N) is 1. The monoisotopic (exact) mass is 348 g/mol. The van der Waals surface area contributed by atoms with E-state index in [1.54, 1.807) is 4.90 Å². The van der Waals surface area contributed by atoms with E-state index in [0.29, 0.717) is 26.2 Å². The molecule has 0 bridgehead atoms. The van der Waals surface area contributed by atoms with Crippen molar-refractivity contribution in [3.05, 3.63) is 35.4 Å². The van der Waals surface area contributed by atoms with Crippen molar-refractivity contribution in [1.82, 2.24) is 4.90 Å². The Balaban J connectivity index is 0.00000264. The van der Waals surface area contributed by atoms with Crippen molar-refractivity contribution in [2.45, 2.75) is 31.8 Å². The highest BCUT2D eigenvalue weighted by Gasteiger charge is 2.23. The zero-order valence-corrected chi connectivity index (χ0v) is 13.8. The van der Waals surface area contributed by atoms with Gasteiger partial charge in [0.15, 0.2) is 0 Å². The molecule has 0 saturated carbocycles. The van der Waals surface area contributed by atoms with Gasteiger partial charge < -0.3 is 15.4 Å². The fourth-order valence-electron chi connectivity index (χ4n) is 2.54. The lowest BCUT2D eigenvalue weighted by molar-refractivity contribution is -0.133. The number of carbonyl (C=O) groups is 1. The Kier molecular flexibility index (Phi) is 8.44. The largest absolute Gasteiger partial charge is 0.378 e. The molecular formula is C16H23ClF2N2O2. The maximum Gasteiger partial charge on any atom is 0.227 e. The second-order valence-electron chi connectivity index (χ2n) is 5.51. The molecule has 0 spiro atoms. The van der Waals surface area contributed by atoms with Crippen molar-refractivity contribution in [3.8, 4) is 0 Å². The lowest BCUT2D eigenvalue weighted by Gasteiger charge is -2.32. The normalized spacial score (nSPS) is 15.3. The minimum atomic E-state index is -0.673. The van der Waals surface area contributed by atoms with Gasteiger partial charge in [-0.2, -0.15) is 0 Å². The van der Waals surface area contributed by atoms with Crippen LogP contribution < -0.4 is 5.73 Å². The maximum absolute atomic E-state index is 13.6. The molecule has 0 aromatic heterocycles. The summed E-state index contributed by atoms with van der Waals surface area (Å²) in [5, 5.41) is 0. The van der Waals surface area contributed by atoms with Crippen molar-refractivity contribution < 1.29 is 18.3 Å². The van der Waals surface area contributed by atoms with Crippen LogP contribution in [0.5, 0.6) is 0 Å². The Labute approximate surface area is 141 Å². The molecule has 23 heavy (non-hydrogen) atoms. The van der Waals surface area contributed by atoms with Crippen LogP contribution in [0, 0.1) is 11.6 Å². The second kappa shape index (κ2) is 9.80. The van der Waals surface area contributed by atoms with Gasteiger partial charge in [0.2, 0.25) is 5.91 Å². The van der Waals surface area contributed by atoms with E-state index in [9.17, 15) is 13.6 Å². The minimum Gasteiger partial charge on any atom is -0.378 e. The number of hydrogen-bond acceptors (Lipinski definition) is 3. The zero-order valence-electron chi connectivity index (χ0n) is 13.0. The van der Waals surface area contributed by atoms with Gasteiger partial charge in [-0.05, 0) is 37.4 Å². The summed E-state index contributed by atoms with van der Waals surface area (Å²) in [5.41, 5.74) is 5.64. The van der Waals surface area contributed by atoms with Crippen LogP contribution in [0.3, 0.4) is 0 Å². The van der Waals surface area contributed by atoms with E-state index in [1.807, 2.05) is 0 Å². The summed E-state index contributed by atoms with van der Waals surface area (Å²) in [4.78, 5) is 13.9. The summed E-state index contributed by atoms with van der Waals surface area (Å²) in [7, 11) is 0. The molecule has 1 saturated heterocycles. The Hall–Kier alpha value is -1.24. The van der Waals surface area contributed by atoms with Gasteiger partial charge in [-0.3, -0.25) is 4.79 Å². The number of ether oxygens (including phenoxy) is 1. The molecule has 0 unspecified atom stereocenters. The summed E-state index contributed by atoms with van der Waals surface area (Å²) in [6.07, 6.45) is 2.52. The quantitative estimate of drug-likeness (QED) is 0.802. The highest BCUT2D eigenvalue weighted by atomic mass is 35.5. The summed E-state index contributed by atoms with van der Waals surface area (Å²) in [6.45, 7) is 2.47. The van der Waals surface area contributed by atoms with E-state index in [1.165, 1.54) is 12.1 Å². The molecule has 7 heteroatoms. The van der Waals surface area contributed by atoms with Crippen LogP contribution in [0.2, 0.25) is 0 Å². The van der Waals surface area contributed by atoms with Gasteiger partial charge >= 0.3 is 0 Å². The van der Waals surface area contributed by atoms with Gasteiger partial charge in [-0.1, -0.05) is 6.07 Å². The second-order valence-corrected chi connectivity index (χ2v) is 5.51. The van der Waals surface area contributed by atoms with Gasteiger partial charge in [0.05, 0.1) is 12.5 Å². The molecule has 0 radical (unpaired) electrons. The van der Waals surface area contributed by atoms with Gasteiger partial charge in [0.1, 0.15) is 11.6 Å². The Bertz CT molecular complexity index is 509. The molecule has 1 aromatic rings. The lowest BCUT2D eigenvalue weighted by atomic mass is 10.1. The number of rotatable bonds is 6. The third kappa shape index (κ3) is 6.05. The number of hydrogen-bond donors (Lipinski definition) is 1. The van der Waals surface area contributed by atoms with Crippen molar-refractivity contribution in [2.75, 3.05) is 26.2 Å². The average Bonchev–Trinajstić information content (AvgIpc) is 2.51. The molecule has 1 aliphatic rings. The highest BCUT2D eigenvalue weighted by molar-refractivity contribution is 5.85. The van der Waals surface area contributed by atoms with Crippen LogP contribution in [0.4, 0.5) is 8.78 Å². The molecule has 1 fully saturated rings. The predicted octanol–water partition coefficient (Wildman–Crippen LogP) is 2.29. The molecular weight excluding hydrogens is 326 g/mol. The molecule has 4 nitrogen and oxygen atoms in total. The number of halogens is 3. The van der Waals surface area contributed by atoms with Crippen LogP contribution in [-0.4, -0.2) is 43.2 Å². The predicted molar refractivity (Wildman–Crippen MR) is 86.5 cm³/mol. The number of likely N-dealkylation sites (tertiary alicyclic amines) is 1. The molecule has 0 aliphatic carbocycles. The van der Waals surface area contributed by atoms with Crippen LogP contribution in [0.15, 0.2) is 18.2 Å². The van der Waals surface area contributed by atoms with Gasteiger partial charge in [0, 0.05) is 25.8 Å². The fourth-order valence-corrected chi connectivity index (χ4v) is 2.54. The maximum atomic E-state index is 13.6. The van der Waals surface area contributed by atoms with Gasteiger partial charge in [-0.25, -0.2) is 8.78 Å². The van der Waals surface area contributed by atoms with Crippen LogP contribution >= 0.6 is 12.4 Å². The zero-order chi connectivity index (χ0) is 15.9. The molecule has 2 rings (SSSR count). The first-order valence-corrected chi connectivity index (χ1v) is 7.63. The summed E-state index contributed by atoms with van der Waals surface area (Å²) in [6, 6.07) is 3.30. The summed E-state index contributed by atoms with van der Waals surface area (Å²) in [5.74, 6) is -1.44. The SMILES string of the molecule is Cl.NCCCOC1CCN(C(=O)Cc2ccc(F)cc2F)CC1. The third-order valence-corrected chi connectivity index (χ3v) is 3.85. The average molecular weight is 349 g/mol. The van der Waals surface area contributed by atoms with E-state index in [4.69, 9.17) is 10.5 Å². The van der Waals surface area contributed by atoms with E-state index in [-0.39, 0.29) is 36.4 Å². The van der Waals surface area contributed by atoms with Crippen molar-refractivity contribution in [1.29, 1.82) is 0 Å². The standard InChI is InChI=1S/C16H22F2N2O2.ClH/c17-13-3-2-12(15(18)11-13)10-16(21)20-7-4-14(5-8-20)22-9-1-6-19;/h2-3,11,14H,1,4-10,19H2;1H. The van der Waals surface area contributed by atoms with Crippen molar-refractivity contribution in [2.24, 2.45) is 5.73 Å². The molecule has 1 aromatic carbocycles. The first-order valence-electron chi connectivity index (χ1n) is 7.63. The third-order valence-electron chi connectivity index (χ3n) is 3.85. The van der Waals surface area contributed by atoms with E-state index in [0.717, 1.165) is 25.3 Å². The Morgan fingerprint density at radius 2 is 2.00 bits per heavy atom. The first kappa shape index (κ1) is 19.8. The summed E-state index contributed by atoms with van der Waals surface area (Å²) < 4.78 is 32.1. The molecule has 130 valence electrons. The molecule has 0 atom stereocenters. The van der Waals surface area contributed by atoms with Crippen LogP contribution in [0.25, 0.3) is 0 Å². The lowest BCUT2D eigenvalue weighted by Crippen LogP contribution is -2.41. The number of amides is 1. The highest BCUT2D eigenvalue weighted by Crippen LogP contribution is 2.17. The molecule has 1 aliphatic heterocycles. The van der Waals surface area contributed by atoms with E-state index < -0.39 is 11.6 Å². The van der Waals surface area contributed by atoms with Crippen molar-refractivity contribution >= 4 is 18.3 Å². The van der Waals surface area contributed by atoms with Gasteiger partial charge in [-0.15, -0.1) is 12.4 Å². The number of nitrogens with two attached hydrogens (primary N) is 1. The molecule has 1 amide bonds. The minimum absolute atomic E-state index is 0. The van der Waals surface area contributed by atoms with Crippen LogP contribution in [-0.2, 0) is 16.0 Å². The molecule has 2 N–H and O–H groups in total. The van der Waals surface area contributed by atoms with Crippen LogP contribution in [0.1, 0.15) is 24.8 Å². The van der Waals surface area contributed by atoms with Gasteiger partial charge in [0.25, 0.3) is 0 Å². The number of piperidine rings is 1. The smallest absolute Gasteiger partial charge is 0.227 e.